The third-order valence-corrected chi connectivity index (χ3v) is 11.5. The summed E-state index contributed by atoms with van der Waals surface area (Å²) in [5, 5.41) is 0. The lowest BCUT2D eigenvalue weighted by molar-refractivity contribution is 0.436. The Morgan fingerprint density at radius 3 is 1.79 bits per heavy atom. The minimum Gasteiger partial charge on any atom is -0.457 e. The van der Waals surface area contributed by atoms with E-state index < -0.39 is 5.41 Å². The largest absolute Gasteiger partial charge is 0.457 e. The first kappa shape index (κ1) is 40.5. The van der Waals surface area contributed by atoms with Crippen LogP contribution in [-0.4, -0.2) is 33.1 Å². The van der Waals surface area contributed by atoms with Crippen LogP contribution in [0.3, 0.4) is 0 Å². The van der Waals surface area contributed by atoms with Crippen molar-refractivity contribution >= 4 is 24.2 Å². The van der Waals surface area contributed by atoms with Crippen LogP contribution in [0.2, 0.25) is 0 Å². The summed E-state index contributed by atoms with van der Waals surface area (Å²) in [5.41, 5.74) is 12.3. The maximum absolute atomic E-state index is 7.08. The van der Waals surface area contributed by atoms with Gasteiger partial charge in [-0.25, -0.2) is 15.0 Å². The van der Waals surface area contributed by atoms with E-state index >= 15 is 0 Å². The van der Waals surface area contributed by atoms with Crippen LogP contribution in [0.1, 0.15) is 55.5 Å². The van der Waals surface area contributed by atoms with Gasteiger partial charge in [0.15, 0.2) is 17.5 Å². The van der Waals surface area contributed by atoms with Crippen molar-refractivity contribution in [3.05, 3.63) is 216 Å². The van der Waals surface area contributed by atoms with Gasteiger partial charge in [-0.2, -0.15) is 0 Å². The fraction of sp³-hybridized carbons (Fsp3) is 0.107. The smallest absolute Gasteiger partial charge is 0.164 e. The first-order valence-corrected chi connectivity index (χ1v) is 21.2. The molecule has 1 spiro atoms. The fourth-order valence-electron chi connectivity index (χ4n) is 8.43. The first-order chi connectivity index (χ1) is 30.9. The Morgan fingerprint density at radius 2 is 1.19 bits per heavy atom. The average molecular weight is 819 g/mol. The van der Waals surface area contributed by atoms with Gasteiger partial charge in [-0.05, 0) is 72.4 Å². The van der Waals surface area contributed by atoms with Crippen molar-refractivity contribution in [3.63, 3.8) is 0 Å². The van der Waals surface area contributed by atoms with Crippen molar-refractivity contribution in [2.75, 3.05) is 0 Å². The molecule has 0 saturated heterocycles. The predicted molar refractivity (Wildman–Crippen MR) is 260 cm³/mol. The number of nitrogens with zero attached hydrogens (tertiary/aromatic N) is 6. The normalized spacial score (nSPS) is 14.5. The Kier molecular flexibility index (Phi) is 11.3. The standard InChI is InChI=1S/C56H46N6O/c1-6-32-58-36-38(4)50(59-39(5)37(3)35-57-7-2)31-27-40-26-29-48-51(33-40)63-52-34-43(28-30-49(52)56(48)46-24-16-14-22-44(46)45-23-15-17-25-47(45)56)55-61-53(41-18-10-8-11-19-41)60-54(62-55)42-20-12-9-13-21-42/h6-36,38H,5H2,1-4H3/b31-27+,32-6-,37-35+,57-7?,58-36?,59-50?. The van der Waals surface area contributed by atoms with E-state index in [9.17, 15) is 0 Å². The third kappa shape index (κ3) is 7.70. The number of ether oxygens (including phenoxy) is 1. The number of allylic oxidation sites excluding steroid dienone is 3. The van der Waals surface area contributed by atoms with Gasteiger partial charge in [-0.15, -0.1) is 0 Å². The Bertz CT molecular complexity index is 2950. The molecule has 1 aromatic heterocycles. The molecule has 0 N–H and O–H groups in total. The van der Waals surface area contributed by atoms with Crippen LogP contribution in [0.5, 0.6) is 11.5 Å². The number of benzene rings is 6. The summed E-state index contributed by atoms with van der Waals surface area (Å²) in [7, 11) is 0. The molecule has 0 fully saturated rings. The second-order valence-corrected chi connectivity index (χ2v) is 15.6. The number of hydrogen-bond donors (Lipinski definition) is 0. The highest BCUT2D eigenvalue weighted by Crippen LogP contribution is 2.62. The summed E-state index contributed by atoms with van der Waals surface area (Å²) >= 11 is 0. The predicted octanol–water partition coefficient (Wildman–Crippen LogP) is 13.5. The fourth-order valence-corrected chi connectivity index (χ4v) is 8.43. The number of rotatable bonds is 11. The molecule has 0 bridgehead atoms. The number of aromatic nitrogens is 3. The SMILES string of the molecule is C=C(N=C(/C=C/c1ccc2c(c1)Oc1cc(-c3nc(-c4ccccc4)nc(-c4ccccc4)n3)ccc1C21c2ccccc2-c2ccccc21)C(C)C=N/C=C\C)/C(C)=C/N=CC. The molecule has 2 heterocycles. The lowest BCUT2D eigenvalue weighted by Gasteiger charge is -2.39. The van der Waals surface area contributed by atoms with E-state index in [4.69, 9.17) is 24.7 Å². The second kappa shape index (κ2) is 17.6. The molecule has 1 atom stereocenters. The quantitative estimate of drug-likeness (QED) is 0.0961. The van der Waals surface area contributed by atoms with E-state index in [0.717, 1.165) is 56.2 Å². The first-order valence-electron chi connectivity index (χ1n) is 21.2. The van der Waals surface area contributed by atoms with Gasteiger partial charge < -0.3 is 4.74 Å². The van der Waals surface area contributed by atoms with Crippen LogP contribution in [0.4, 0.5) is 0 Å². The van der Waals surface area contributed by atoms with Crippen LogP contribution in [0.15, 0.2) is 203 Å². The van der Waals surface area contributed by atoms with Crippen molar-refractivity contribution in [2.45, 2.75) is 33.1 Å². The summed E-state index contributed by atoms with van der Waals surface area (Å²) < 4.78 is 7.08. The van der Waals surface area contributed by atoms with Gasteiger partial charge >= 0.3 is 0 Å². The minimum atomic E-state index is -0.645. The molecule has 7 nitrogen and oxygen atoms in total. The van der Waals surface area contributed by atoms with E-state index in [1.165, 1.54) is 22.3 Å². The molecule has 1 aliphatic carbocycles. The molecule has 63 heavy (non-hydrogen) atoms. The van der Waals surface area contributed by atoms with Gasteiger partial charge in [0.05, 0.1) is 11.1 Å². The molecule has 7 heteroatoms. The van der Waals surface area contributed by atoms with Crippen molar-refractivity contribution in [1.29, 1.82) is 0 Å². The molecule has 0 radical (unpaired) electrons. The zero-order valence-electron chi connectivity index (χ0n) is 35.8. The highest BCUT2D eigenvalue weighted by molar-refractivity contribution is 6.08. The number of hydrogen-bond acceptors (Lipinski definition) is 7. The molecule has 0 amide bonds. The molecule has 2 aliphatic rings. The van der Waals surface area contributed by atoms with Crippen LogP contribution >= 0.6 is 0 Å². The van der Waals surface area contributed by atoms with Crippen LogP contribution < -0.4 is 4.74 Å². The zero-order valence-corrected chi connectivity index (χ0v) is 35.8. The third-order valence-electron chi connectivity index (χ3n) is 11.5. The maximum Gasteiger partial charge on any atom is 0.164 e. The van der Waals surface area contributed by atoms with Crippen LogP contribution in [-0.2, 0) is 5.41 Å². The molecule has 6 aromatic carbocycles. The summed E-state index contributed by atoms with van der Waals surface area (Å²) in [4.78, 5) is 28.8. The average Bonchev–Trinajstić information content (AvgIpc) is 3.62. The van der Waals surface area contributed by atoms with Gasteiger partial charge in [0, 0.05) is 64.3 Å². The van der Waals surface area contributed by atoms with Crippen molar-refractivity contribution in [2.24, 2.45) is 20.9 Å². The van der Waals surface area contributed by atoms with Gasteiger partial charge in [-0.3, -0.25) is 15.0 Å². The molecule has 0 saturated carbocycles. The minimum absolute atomic E-state index is 0.0918. The number of aliphatic imine (C=N–C) groups is 3. The summed E-state index contributed by atoms with van der Waals surface area (Å²) in [6, 6.07) is 50.5. The van der Waals surface area contributed by atoms with E-state index in [0.29, 0.717) is 23.2 Å². The van der Waals surface area contributed by atoms with E-state index in [2.05, 4.69) is 114 Å². The van der Waals surface area contributed by atoms with Gasteiger partial charge in [-0.1, -0.05) is 159 Å². The van der Waals surface area contributed by atoms with Crippen molar-refractivity contribution in [3.8, 4) is 56.8 Å². The summed E-state index contributed by atoms with van der Waals surface area (Å²) in [5.74, 6) is 3.17. The van der Waals surface area contributed by atoms with E-state index in [1.807, 2.05) is 99.8 Å². The lowest BCUT2D eigenvalue weighted by Crippen LogP contribution is -2.32. The molecule has 306 valence electrons. The van der Waals surface area contributed by atoms with Crippen molar-refractivity contribution in [1.82, 2.24) is 15.0 Å². The van der Waals surface area contributed by atoms with E-state index in [-0.39, 0.29) is 5.92 Å². The topological polar surface area (TPSA) is 85.0 Å². The van der Waals surface area contributed by atoms with Gasteiger partial charge in [0.1, 0.15) is 11.5 Å². The Hall–Kier alpha value is -7.90. The van der Waals surface area contributed by atoms with Crippen LogP contribution in [0.25, 0.3) is 51.4 Å². The molecule has 1 unspecified atom stereocenters. The highest BCUT2D eigenvalue weighted by atomic mass is 16.5. The Balaban J connectivity index is 1.20. The van der Waals surface area contributed by atoms with Gasteiger partial charge in [0.2, 0.25) is 0 Å². The molecular formula is C56H46N6O. The monoisotopic (exact) mass is 818 g/mol. The molecule has 9 rings (SSSR count). The summed E-state index contributed by atoms with van der Waals surface area (Å²) in [6.45, 7) is 12.1. The number of fused-ring (bicyclic) bond motifs is 9. The maximum atomic E-state index is 7.08. The lowest BCUT2D eigenvalue weighted by atomic mass is 9.66. The second-order valence-electron chi connectivity index (χ2n) is 15.6. The molecule has 1 aliphatic heterocycles. The Morgan fingerprint density at radius 1 is 0.635 bits per heavy atom. The highest BCUT2D eigenvalue weighted by Gasteiger charge is 2.51. The van der Waals surface area contributed by atoms with E-state index in [1.54, 1.807) is 18.6 Å². The molecular weight excluding hydrogens is 773 g/mol. The van der Waals surface area contributed by atoms with Crippen molar-refractivity contribution < 1.29 is 4.74 Å². The van der Waals surface area contributed by atoms with Crippen LogP contribution in [0, 0.1) is 5.92 Å². The zero-order chi connectivity index (χ0) is 43.3. The summed E-state index contributed by atoms with van der Waals surface area (Å²) in [6.07, 6.45) is 13.2. The Labute approximate surface area is 369 Å². The molecule has 7 aromatic rings. The van der Waals surface area contributed by atoms with Gasteiger partial charge in [0.25, 0.3) is 0 Å².